The van der Waals surface area contributed by atoms with Crippen LogP contribution in [0.2, 0.25) is 0 Å². The van der Waals surface area contributed by atoms with Crippen molar-refractivity contribution >= 4 is 12.0 Å². The zero-order valence-electron chi connectivity index (χ0n) is 10.1. The van der Waals surface area contributed by atoms with Gasteiger partial charge in [0.15, 0.2) is 0 Å². The number of aliphatic hydroxyl groups excluding tert-OH is 1. The third-order valence-corrected chi connectivity index (χ3v) is 2.98. The number of hydrogen-bond acceptors (Lipinski definition) is 2. The van der Waals surface area contributed by atoms with E-state index in [0.29, 0.717) is 18.7 Å². The summed E-state index contributed by atoms with van der Waals surface area (Å²) in [5, 5.41) is 9.48. The average Bonchev–Trinajstić information content (AvgIpc) is 2.36. The number of benzene rings is 1. The van der Waals surface area contributed by atoms with Gasteiger partial charge in [0.25, 0.3) is 0 Å². The summed E-state index contributed by atoms with van der Waals surface area (Å²) in [7, 11) is 0. The summed E-state index contributed by atoms with van der Waals surface area (Å²) in [6.07, 6.45) is 4.15. The number of rotatable bonds is 2. The number of piperidine rings is 1. The number of halogens is 1. The van der Waals surface area contributed by atoms with Crippen LogP contribution in [0.25, 0.3) is 6.08 Å². The van der Waals surface area contributed by atoms with E-state index in [1.165, 1.54) is 18.2 Å². The molecule has 0 aliphatic carbocycles. The van der Waals surface area contributed by atoms with E-state index in [9.17, 15) is 14.3 Å². The van der Waals surface area contributed by atoms with E-state index < -0.39 is 6.10 Å². The van der Waals surface area contributed by atoms with Crippen LogP contribution in [0, 0.1) is 5.82 Å². The largest absolute Gasteiger partial charge is 0.391 e. The summed E-state index contributed by atoms with van der Waals surface area (Å²) in [5.74, 6) is -0.462. The first-order valence-electron chi connectivity index (χ1n) is 6.06. The molecule has 0 spiro atoms. The van der Waals surface area contributed by atoms with Crippen LogP contribution in [0.3, 0.4) is 0 Å². The number of hydrogen-bond donors (Lipinski definition) is 1. The first-order chi connectivity index (χ1) is 8.65. The van der Waals surface area contributed by atoms with Gasteiger partial charge in [0.05, 0.1) is 6.10 Å². The molecule has 1 fully saturated rings. The minimum atomic E-state index is -0.426. The fraction of sp³-hybridized carbons (Fsp3) is 0.357. The van der Waals surface area contributed by atoms with Crippen molar-refractivity contribution in [2.24, 2.45) is 0 Å². The smallest absolute Gasteiger partial charge is 0.246 e. The molecule has 3 nitrogen and oxygen atoms in total. The van der Waals surface area contributed by atoms with E-state index in [1.54, 1.807) is 23.1 Å². The SMILES string of the molecule is O=C(C=Cc1cccc(F)c1)N1CCCC(O)C1. The quantitative estimate of drug-likeness (QED) is 0.812. The molecule has 1 N–H and O–H groups in total. The lowest BCUT2D eigenvalue weighted by Crippen LogP contribution is -2.41. The first kappa shape index (κ1) is 12.8. The van der Waals surface area contributed by atoms with Crippen molar-refractivity contribution in [2.45, 2.75) is 18.9 Å². The molecule has 0 bridgehead atoms. The molecule has 1 aliphatic heterocycles. The normalized spacial score (nSPS) is 20.3. The number of likely N-dealkylation sites (tertiary alicyclic amines) is 1. The molecule has 1 aromatic carbocycles. The maximum Gasteiger partial charge on any atom is 0.246 e. The molecule has 4 heteroatoms. The second kappa shape index (κ2) is 5.78. The Labute approximate surface area is 106 Å². The Bertz CT molecular complexity index is 459. The molecule has 18 heavy (non-hydrogen) atoms. The summed E-state index contributed by atoms with van der Waals surface area (Å²) >= 11 is 0. The highest BCUT2D eigenvalue weighted by Gasteiger charge is 2.20. The van der Waals surface area contributed by atoms with Gasteiger partial charge in [0, 0.05) is 19.2 Å². The molecule has 2 rings (SSSR count). The van der Waals surface area contributed by atoms with Gasteiger partial charge in [-0.05, 0) is 36.6 Å². The van der Waals surface area contributed by atoms with Crippen LogP contribution in [-0.4, -0.2) is 35.1 Å². The van der Waals surface area contributed by atoms with Crippen molar-refractivity contribution in [2.75, 3.05) is 13.1 Å². The predicted molar refractivity (Wildman–Crippen MR) is 67.3 cm³/mol. The maximum absolute atomic E-state index is 12.9. The monoisotopic (exact) mass is 249 g/mol. The molecule has 1 unspecified atom stereocenters. The van der Waals surface area contributed by atoms with E-state index in [-0.39, 0.29) is 11.7 Å². The highest BCUT2D eigenvalue weighted by atomic mass is 19.1. The van der Waals surface area contributed by atoms with Crippen molar-refractivity contribution in [3.05, 3.63) is 41.7 Å². The molecule has 1 aromatic rings. The lowest BCUT2D eigenvalue weighted by Gasteiger charge is -2.29. The molecule has 1 amide bonds. The van der Waals surface area contributed by atoms with Gasteiger partial charge in [0.1, 0.15) is 5.82 Å². The molecule has 1 heterocycles. The number of aliphatic hydroxyl groups is 1. The first-order valence-corrected chi connectivity index (χ1v) is 6.06. The second-order valence-electron chi connectivity index (χ2n) is 4.47. The van der Waals surface area contributed by atoms with Crippen LogP contribution in [-0.2, 0) is 4.79 Å². The van der Waals surface area contributed by atoms with Gasteiger partial charge in [-0.15, -0.1) is 0 Å². The summed E-state index contributed by atoms with van der Waals surface area (Å²) in [5.41, 5.74) is 0.654. The van der Waals surface area contributed by atoms with Crippen LogP contribution in [0.4, 0.5) is 4.39 Å². The summed E-state index contributed by atoms with van der Waals surface area (Å²) in [6.45, 7) is 1.05. The standard InChI is InChI=1S/C14H16FNO2/c15-12-4-1-3-11(9-12)6-7-14(18)16-8-2-5-13(17)10-16/h1,3-4,6-7,9,13,17H,2,5,8,10H2. The van der Waals surface area contributed by atoms with Gasteiger partial charge >= 0.3 is 0 Å². The van der Waals surface area contributed by atoms with Crippen LogP contribution in [0.5, 0.6) is 0 Å². The molecule has 1 atom stereocenters. The summed E-state index contributed by atoms with van der Waals surface area (Å²) < 4.78 is 12.9. The fourth-order valence-electron chi connectivity index (χ4n) is 2.04. The Morgan fingerprint density at radius 1 is 1.50 bits per heavy atom. The van der Waals surface area contributed by atoms with Crippen molar-refractivity contribution in [1.82, 2.24) is 4.90 Å². The van der Waals surface area contributed by atoms with Crippen molar-refractivity contribution < 1.29 is 14.3 Å². The van der Waals surface area contributed by atoms with Crippen molar-refractivity contribution in [3.8, 4) is 0 Å². The van der Waals surface area contributed by atoms with Crippen LogP contribution in [0.1, 0.15) is 18.4 Å². The van der Waals surface area contributed by atoms with Crippen LogP contribution < -0.4 is 0 Å². The molecule has 0 radical (unpaired) electrons. The topological polar surface area (TPSA) is 40.5 Å². The van der Waals surface area contributed by atoms with E-state index in [0.717, 1.165) is 12.8 Å². The second-order valence-corrected chi connectivity index (χ2v) is 4.47. The zero-order valence-corrected chi connectivity index (χ0v) is 10.1. The fourth-order valence-corrected chi connectivity index (χ4v) is 2.04. The minimum absolute atomic E-state index is 0.141. The molecular formula is C14H16FNO2. The Morgan fingerprint density at radius 2 is 2.33 bits per heavy atom. The molecule has 1 aliphatic rings. The predicted octanol–water partition coefficient (Wildman–Crippen LogP) is 1.82. The summed E-state index contributed by atoms with van der Waals surface area (Å²) in [6, 6.07) is 6.07. The Hall–Kier alpha value is -1.68. The van der Waals surface area contributed by atoms with Gasteiger partial charge < -0.3 is 10.0 Å². The molecule has 1 saturated heterocycles. The highest BCUT2D eigenvalue weighted by molar-refractivity contribution is 5.91. The molecule has 0 saturated carbocycles. The van der Waals surface area contributed by atoms with Crippen LogP contribution >= 0.6 is 0 Å². The third kappa shape index (κ3) is 3.40. The minimum Gasteiger partial charge on any atom is -0.391 e. The van der Waals surface area contributed by atoms with E-state index in [2.05, 4.69) is 0 Å². The van der Waals surface area contributed by atoms with Gasteiger partial charge in [-0.25, -0.2) is 4.39 Å². The van der Waals surface area contributed by atoms with E-state index >= 15 is 0 Å². The van der Waals surface area contributed by atoms with Crippen LogP contribution in [0.15, 0.2) is 30.3 Å². The number of carbonyl (C=O) groups excluding carboxylic acids is 1. The molecule has 0 aromatic heterocycles. The van der Waals surface area contributed by atoms with E-state index in [1.807, 2.05) is 0 Å². The lowest BCUT2D eigenvalue weighted by atomic mass is 10.1. The number of amides is 1. The number of nitrogens with zero attached hydrogens (tertiary/aromatic N) is 1. The maximum atomic E-state index is 12.9. The van der Waals surface area contributed by atoms with Crippen molar-refractivity contribution in [1.29, 1.82) is 0 Å². The Kier molecular flexibility index (Phi) is 4.10. The van der Waals surface area contributed by atoms with Gasteiger partial charge in [-0.2, -0.15) is 0 Å². The van der Waals surface area contributed by atoms with E-state index in [4.69, 9.17) is 0 Å². The van der Waals surface area contributed by atoms with Gasteiger partial charge in [-0.1, -0.05) is 12.1 Å². The molecule has 96 valence electrons. The third-order valence-electron chi connectivity index (χ3n) is 2.98. The van der Waals surface area contributed by atoms with Crippen molar-refractivity contribution in [3.63, 3.8) is 0 Å². The number of carbonyl (C=O) groups is 1. The van der Waals surface area contributed by atoms with Gasteiger partial charge in [-0.3, -0.25) is 4.79 Å². The number of β-amino-alcohol motifs (C(OH)–C–C–N with tert-alkyl or cyclic N) is 1. The van der Waals surface area contributed by atoms with Gasteiger partial charge in [0.2, 0.25) is 5.91 Å². The lowest BCUT2D eigenvalue weighted by molar-refractivity contribution is -0.128. The average molecular weight is 249 g/mol. The Balaban J connectivity index is 1.98. The highest BCUT2D eigenvalue weighted by Crippen LogP contribution is 2.11. The summed E-state index contributed by atoms with van der Waals surface area (Å²) in [4.78, 5) is 13.5. The molecular weight excluding hydrogens is 233 g/mol. The Morgan fingerprint density at radius 3 is 3.06 bits per heavy atom. The zero-order chi connectivity index (χ0) is 13.0.